The molecule has 0 unspecified atom stereocenters. The van der Waals surface area contributed by atoms with E-state index >= 15 is 0 Å². The molecule has 0 aromatic heterocycles. The highest BCUT2D eigenvalue weighted by molar-refractivity contribution is 5.91. The number of nitro benzene ring substituents is 1. The number of carbonyl (C=O) groups excluding carboxylic acids is 1. The molecule has 3 rings (SSSR count). The van der Waals surface area contributed by atoms with Gasteiger partial charge < -0.3 is 14.8 Å². The summed E-state index contributed by atoms with van der Waals surface area (Å²) in [6.45, 7) is 4.91. The number of benzene rings is 2. The van der Waals surface area contributed by atoms with Gasteiger partial charge in [0.1, 0.15) is 5.69 Å². The lowest BCUT2D eigenvalue weighted by atomic mass is 9.99. The van der Waals surface area contributed by atoms with E-state index < -0.39 is 10.9 Å². The number of rotatable bonds is 8. The number of nitrogens with one attached hydrogen (secondary N) is 1. The van der Waals surface area contributed by atoms with Crippen LogP contribution in [-0.4, -0.2) is 49.3 Å². The van der Waals surface area contributed by atoms with Gasteiger partial charge in [-0.2, -0.15) is 0 Å². The Morgan fingerprint density at radius 2 is 2.10 bits per heavy atom. The molecule has 0 spiro atoms. The van der Waals surface area contributed by atoms with E-state index in [9.17, 15) is 14.9 Å². The predicted molar refractivity (Wildman–Crippen MR) is 115 cm³/mol. The summed E-state index contributed by atoms with van der Waals surface area (Å²) in [6, 6.07) is 12.0. The van der Waals surface area contributed by atoms with Crippen molar-refractivity contribution in [2.45, 2.75) is 13.3 Å². The van der Waals surface area contributed by atoms with E-state index in [4.69, 9.17) is 9.47 Å². The molecule has 0 atom stereocenters. The number of methoxy groups -OCH3 is 1. The number of esters is 1. The molecule has 0 bridgehead atoms. The second-order valence-electron chi connectivity index (χ2n) is 6.91. The van der Waals surface area contributed by atoms with Crippen molar-refractivity contribution < 1.29 is 19.2 Å². The smallest absolute Gasteiger partial charge is 0.340 e. The van der Waals surface area contributed by atoms with Gasteiger partial charge in [-0.05, 0) is 48.4 Å². The Balaban J connectivity index is 1.81. The van der Waals surface area contributed by atoms with Crippen LogP contribution in [0.15, 0.2) is 48.5 Å². The number of ether oxygens (including phenoxy) is 2. The zero-order valence-corrected chi connectivity index (χ0v) is 17.1. The molecule has 8 heteroatoms. The van der Waals surface area contributed by atoms with Gasteiger partial charge in [-0.1, -0.05) is 25.1 Å². The van der Waals surface area contributed by atoms with Gasteiger partial charge in [-0.3, -0.25) is 15.0 Å². The molecule has 2 aromatic rings. The van der Waals surface area contributed by atoms with Crippen molar-refractivity contribution in [1.82, 2.24) is 4.90 Å². The summed E-state index contributed by atoms with van der Waals surface area (Å²) in [4.78, 5) is 25.4. The Labute approximate surface area is 175 Å². The van der Waals surface area contributed by atoms with E-state index in [-0.39, 0.29) is 18.0 Å². The summed E-state index contributed by atoms with van der Waals surface area (Å²) in [5, 5.41) is 14.7. The summed E-state index contributed by atoms with van der Waals surface area (Å²) < 4.78 is 9.55. The fourth-order valence-electron chi connectivity index (χ4n) is 3.32. The fourth-order valence-corrected chi connectivity index (χ4v) is 3.32. The Kier molecular flexibility index (Phi) is 7.16. The monoisotopic (exact) mass is 411 g/mol. The van der Waals surface area contributed by atoms with E-state index in [1.807, 2.05) is 24.3 Å². The predicted octanol–water partition coefficient (Wildman–Crippen LogP) is 4.21. The molecule has 2 aromatic carbocycles. The number of nitro groups is 1. The van der Waals surface area contributed by atoms with Crippen LogP contribution in [0, 0.1) is 10.1 Å². The molecule has 8 nitrogen and oxygen atoms in total. The van der Waals surface area contributed by atoms with Crippen LogP contribution in [0.3, 0.4) is 0 Å². The van der Waals surface area contributed by atoms with Crippen LogP contribution in [-0.2, 0) is 9.47 Å². The molecule has 0 saturated heterocycles. The minimum Gasteiger partial charge on any atom is -0.435 e. The first-order valence-corrected chi connectivity index (χ1v) is 9.75. The molecule has 0 radical (unpaired) electrons. The first kappa shape index (κ1) is 21.5. The highest BCUT2D eigenvalue weighted by Crippen LogP contribution is 2.31. The molecule has 0 amide bonds. The molecule has 0 fully saturated rings. The van der Waals surface area contributed by atoms with Crippen molar-refractivity contribution in [3.8, 4) is 0 Å². The Bertz CT molecular complexity index is 958. The topological polar surface area (TPSA) is 93.9 Å². The zero-order valence-electron chi connectivity index (χ0n) is 17.1. The third-order valence-electron chi connectivity index (χ3n) is 4.99. The lowest BCUT2D eigenvalue weighted by Gasteiger charge is -2.25. The summed E-state index contributed by atoms with van der Waals surface area (Å²) in [7, 11) is 1.39. The quantitative estimate of drug-likeness (QED) is 0.301. The molecule has 0 aliphatic carbocycles. The van der Waals surface area contributed by atoms with Crippen LogP contribution in [0.2, 0.25) is 0 Å². The minimum atomic E-state index is -0.682. The molecule has 0 saturated carbocycles. The van der Waals surface area contributed by atoms with Crippen LogP contribution in [0.5, 0.6) is 0 Å². The number of anilines is 2. The Morgan fingerprint density at radius 1 is 1.27 bits per heavy atom. The summed E-state index contributed by atoms with van der Waals surface area (Å²) in [5.41, 5.74) is 3.29. The van der Waals surface area contributed by atoms with Gasteiger partial charge in [0, 0.05) is 32.0 Å². The van der Waals surface area contributed by atoms with Gasteiger partial charge in [0.25, 0.3) is 5.69 Å². The molecule has 158 valence electrons. The third kappa shape index (κ3) is 5.22. The second kappa shape index (κ2) is 10.00. The van der Waals surface area contributed by atoms with Crippen molar-refractivity contribution in [3.63, 3.8) is 0 Å². The van der Waals surface area contributed by atoms with E-state index in [0.29, 0.717) is 5.69 Å². The summed E-state index contributed by atoms with van der Waals surface area (Å²) >= 11 is 0. The van der Waals surface area contributed by atoms with Crippen LogP contribution in [0.1, 0.15) is 29.3 Å². The molecule has 30 heavy (non-hydrogen) atoms. The van der Waals surface area contributed by atoms with Crippen LogP contribution in [0.4, 0.5) is 17.1 Å². The number of nitrogens with zero attached hydrogens (tertiary/aromatic N) is 2. The first-order valence-electron chi connectivity index (χ1n) is 9.75. The zero-order chi connectivity index (χ0) is 21.5. The van der Waals surface area contributed by atoms with Crippen molar-refractivity contribution in [2.24, 2.45) is 0 Å². The number of likely N-dealkylation sites (N-methyl/N-ethyl adjacent to an activating group) is 1. The summed E-state index contributed by atoms with van der Waals surface area (Å²) in [6.07, 6.45) is 3.20. The van der Waals surface area contributed by atoms with Gasteiger partial charge in [0.2, 0.25) is 0 Å². The van der Waals surface area contributed by atoms with Gasteiger partial charge in [0.15, 0.2) is 6.79 Å². The molecule has 1 heterocycles. The normalized spacial score (nSPS) is 14.1. The van der Waals surface area contributed by atoms with Crippen molar-refractivity contribution in [1.29, 1.82) is 0 Å². The number of hydrogen-bond acceptors (Lipinski definition) is 7. The molecular weight excluding hydrogens is 386 g/mol. The summed E-state index contributed by atoms with van der Waals surface area (Å²) in [5.74, 6) is -0.682. The van der Waals surface area contributed by atoms with E-state index in [1.54, 1.807) is 0 Å². The molecular formula is C22H25N3O5. The Hall–Kier alpha value is -3.23. The van der Waals surface area contributed by atoms with Crippen molar-refractivity contribution in [3.05, 3.63) is 69.8 Å². The van der Waals surface area contributed by atoms with E-state index in [2.05, 4.69) is 23.2 Å². The SMILES string of the molecule is CCN1CC=C(c2cccc(Nc3ccc(C(=O)OCOC)cc3[N+](=O)[O-])c2)CC1. The molecule has 1 aliphatic rings. The van der Waals surface area contributed by atoms with Crippen LogP contribution in [0.25, 0.3) is 5.57 Å². The standard InChI is InChI=1S/C22H25N3O5/c1-3-24-11-9-16(10-12-24)17-5-4-6-19(13-17)23-20-8-7-18(14-21(20)25(27)28)22(26)30-15-29-2/h4-9,13-14,23H,3,10-12,15H2,1-2H3. The maximum Gasteiger partial charge on any atom is 0.340 e. The minimum absolute atomic E-state index is 0.0888. The average molecular weight is 411 g/mol. The van der Waals surface area contributed by atoms with Gasteiger partial charge >= 0.3 is 5.97 Å². The molecule has 1 N–H and O–H groups in total. The van der Waals surface area contributed by atoms with Gasteiger partial charge in [-0.15, -0.1) is 0 Å². The number of carbonyl (C=O) groups is 1. The lowest BCUT2D eigenvalue weighted by molar-refractivity contribution is -0.383. The maximum atomic E-state index is 12.0. The fraction of sp³-hybridized carbons (Fsp3) is 0.318. The van der Waals surface area contributed by atoms with E-state index in [0.717, 1.165) is 37.3 Å². The lowest BCUT2D eigenvalue weighted by Crippen LogP contribution is -2.27. The van der Waals surface area contributed by atoms with Crippen molar-refractivity contribution in [2.75, 3.05) is 38.9 Å². The highest BCUT2D eigenvalue weighted by Gasteiger charge is 2.19. The third-order valence-corrected chi connectivity index (χ3v) is 4.99. The van der Waals surface area contributed by atoms with Gasteiger partial charge in [-0.25, -0.2) is 4.79 Å². The largest absolute Gasteiger partial charge is 0.435 e. The van der Waals surface area contributed by atoms with Crippen LogP contribution >= 0.6 is 0 Å². The maximum absolute atomic E-state index is 12.0. The Morgan fingerprint density at radius 3 is 2.77 bits per heavy atom. The van der Waals surface area contributed by atoms with Crippen LogP contribution < -0.4 is 5.32 Å². The molecule has 1 aliphatic heterocycles. The van der Waals surface area contributed by atoms with E-state index in [1.165, 1.54) is 30.9 Å². The second-order valence-corrected chi connectivity index (χ2v) is 6.91. The van der Waals surface area contributed by atoms with Gasteiger partial charge in [0.05, 0.1) is 10.5 Å². The highest BCUT2D eigenvalue weighted by atomic mass is 16.7. The number of hydrogen-bond donors (Lipinski definition) is 1. The average Bonchev–Trinajstić information content (AvgIpc) is 2.77. The van der Waals surface area contributed by atoms with Crippen molar-refractivity contribution >= 4 is 28.6 Å². The first-order chi connectivity index (χ1) is 14.5.